The lowest BCUT2D eigenvalue weighted by Crippen LogP contribution is -2.50. The van der Waals surface area contributed by atoms with Gasteiger partial charge in [0.2, 0.25) is 0 Å². The lowest BCUT2D eigenvalue weighted by Gasteiger charge is -2.34. The van der Waals surface area contributed by atoms with Crippen molar-refractivity contribution in [1.82, 2.24) is 10.3 Å². The molecule has 34 heavy (non-hydrogen) atoms. The Morgan fingerprint density at radius 3 is 2.50 bits per heavy atom. The molecule has 9 heteroatoms. The number of hydrogen-bond acceptors (Lipinski definition) is 7. The van der Waals surface area contributed by atoms with Gasteiger partial charge in [-0.2, -0.15) is 0 Å². The van der Waals surface area contributed by atoms with Gasteiger partial charge >= 0.3 is 0 Å². The van der Waals surface area contributed by atoms with Crippen molar-refractivity contribution in [2.75, 3.05) is 14.2 Å². The number of benzene rings is 3. The van der Waals surface area contributed by atoms with Crippen LogP contribution < -0.4 is 25.4 Å². The van der Waals surface area contributed by atoms with Gasteiger partial charge in [-0.15, -0.1) is 5.10 Å². The fraction of sp³-hybridized carbons (Fsp3) is 0.160. The van der Waals surface area contributed by atoms with Crippen LogP contribution >= 0.6 is 23.4 Å². The van der Waals surface area contributed by atoms with Crippen molar-refractivity contribution < 1.29 is 14.3 Å². The molecule has 0 bridgehead atoms. The van der Waals surface area contributed by atoms with Crippen LogP contribution in [0.2, 0.25) is 5.02 Å². The van der Waals surface area contributed by atoms with E-state index in [1.165, 1.54) is 11.8 Å². The zero-order valence-electron chi connectivity index (χ0n) is 18.5. The number of amidine groups is 1. The minimum atomic E-state index is -0.657. The summed E-state index contributed by atoms with van der Waals surface area (Å²) in [4.78, 5) is 18.2. The van der Waals surface area contributed by atoms with Crippen LogP contribution in [-0.4, -0.2) is 30.3 Å². The normalized spacial score (nSPS) is 16.6. The molecular weight excluding hydrogens is 472 g/mol. The highest BCUT2D eigenvalue weighted by molar-refractivity contribution is 8.13. The van der Waals surface area contributed by atoms with Gasteiger partial charge in [-0.25, -0.2) is 5.01 Å². The fourth-order valence-corrected chi connectivity index (χ4v) is 4.95. The number of methoxy groups -OCH3 is 2. The summed E-state index contributed by atoms with van der Waals surface area (Å²) in [6, 6.07) is 21.0. The number of rotatable bonds is 5. The first-order valence-corrected chi connectivity index (χ1v) is 11.9. The zero-order valence-corrected chi connectivity index (χ0v) is 20.1. The number of ether oxygens (including phenoxy) is 2. The van der Waals surface area contributed by atoms with Gasteiger partial charge in [0.15, 0.2) is 22.8 Å². The zero-order chi connectivity index (χ0) is 23.7. The average molecular weight is 493 g/mol. The topological polar surface area (TPSA) is 75.5 Å². The lowest BCUT2D eigenvalue weighted by atomic mass is 10.1. The number of nitrogens with one attached hydrogen (secondary N) is 1. The predicted octanol–water partition coefficient (Wildman–Crippen LogP) is 3.43. The third kappa shape index (κ3) is 4.10. The molecule has 7 nitrogen and oxygen atoms in total. The monoisotopic (exact) mass is 492 g/mol. The molecule has 0 spiro atoms. The van der Waals surface area contributed by atoms with Crippen LogP contribution in [0, 0.1) is 0 Å². The smallest absolute Gasteiger partial charge is 0.276 e. The van der Waals surface area contributed by atoms with Crippen LogP contribution in [0.3, 0.4) is 0 Å². The first-order chi connectivity index (χ1) is 16.6. The van der Waals surface area contributed by atoms with E-state index in [0.29, 0.717) is 49.3 Å². The Morgan fingerprint density at radius 1 is 1.03 bits per heavy atom. The van der Waals surface area contributed by atoms with Crippen LogP contribution in [0.5, 0.6) is 11.5 Å². The maximum atomic E-state index is 13.3. The highest BCUT2D eigenvalue weighted by atomic mass is 35.5. The molecule has 2 aliphatic rings. The summed E-state index contributed by atoms with van der Waals surface area (Å²) in [5.41, 5.74) is 2.20. The molecule has 3 aromatic carbocycles. The predicted molar refractivity (Wildman–Crippen MR) is 133 cm³/mol. The maximum Gasteiger partial charge on any atom is 0.276 e. The molecule has 0 saturated heterocycles. The average Bonchev–Trinajstić information content (AvgIpc) is 2.87. The number of thioether (sulfide) groups is 1. The van der Waals surface area contributed by atoms with Crippen molar-refractivity contribution in [3.8, 4) is 11.5 Å². The molecule has 2 aliphatic heterocycles. The van der Waals surface area contributed by atoms with Crippen molar-refractivity contribution in [3.63, 3.8) is 0 Å². The van der Waals surface area contributed by atoms with Gasteiger partial charge in [0.05, 0.1) is 24.6 Å². The van der Waals surface area contributed by atoms with Gasteiger partial charge in [-0.05, 0) is 17.7 Å². The van der Waals surface area contributed by atoms with Crippen LogP contribution in [0.1, 0.15) is 17.3 Å². The minimum Gasteiger partial charge on any atom is -0.493 e. The molecule has 2 heterocycles. The SMILES string of the molecule is COc1cc(Cl)c([C@@H]2N=c3ccccc3=C3C(=O)NC(SCc4ccccc4)=NN32)cc1OC. The molecule has 1 amide bonds. The van der Waals surface area contributed by atoms with Gasteiger partial charge < -0.3 is 9.47 Å². The molecule has 0 aliphatic carbocycles. The minimum absolute atomic E-state index is 0.241. The highest BCUT2D eigenvalue weighted by Crippen LogP contribution is 2.40. The van der Waals surface area contributed by atoms with E-state index in [1.54, 1.807) is 31.4 Å². The Balaban J connectivity index is 1.61. The Morgan fingerprint density at radius 2 is 1.74 bits per heavy atom. The number of hydrazone groups is 1. The maximum absolute atomic E-state index is 13.3. The van der Waals surface area contributed by atoms with Crippen LogP contribution in [-0.2, 0) is 10.5 Å². The summed E-state index contributed by atoms with van der Waals surface area (Å²) < 4.78 is 10.9. The van der Waals surface area contributed by atoms with Gasteiger partial charge in [-0.3, -0.25) is 15.1 Å². The summed E-state index contributed by atoms with van der Waals surface area (Å²) in [5, 5.41) is 11.7. The number of carbonyl (C=O) groups is 1. The van der Waals surface area contributed by atoms with E-state index in [4.69, 9.17) is 31.2 Å². The van der Waals surface area contributed by atoms with Crippen molar-refractivity contribution in [1.29, 1.82) is 0 Å². The Kier molecular flexibility index (Phi) is 6.17. The van der Waals surface area contributed by atoms with E-state index in [-0.39, 0.29) is 5.91 Å². The molecule has 0 unspecified atom stereocenters. The second kappa shape index (κ2) is 9.40. The molecule has 172 valence electrons. The third-order valence-electron chi connectivity index (χ3n) is 5.51. The van der Waals surface area contributed by atoms with E-state index in [1.807, 2.05) is 54.6 Å². The molecule has 5 rings (SSSR count). The van der Waals surface area contributed by atoms with E-state index in [2.05, 4.69) is 5.32 Å². The molecule has 0 aromatic heterocycles. The van der Waals surface area contributed by atoms with Crippen LogP contribution in [0.15, 0.2) is 76.8 Å². The van der Waals surface area contributed by atoms with E-state index in [0.717, 1.165) is 5.56 Å². The molecule has 1 N–H and O–H groups in total. The Hall–Kier alpha value is -3.49. The summed E-state index contributed by atoms with van der Waals surface area (Å²) in [5.74, 6) is 1.45. The largest absolute Gasteiger partial charge is 0.493 e. The summed E-state index contributed by atoms with van der Waals surface area (Å²) in [6.07, 6.45) is -0.657. The Bertz CT molecular complexity index is 1410. The molecule has 0 radical (unpaired) electrons. The summed E-state index contributed by atoms with van der Waals surface area (Å²) in [7, 11) is 3.11. The standard InChI is InChI=1S/C25H21ClN4O3S/c1-32-20-12-17(18(26)13-21(20)33-2)23-27-19-11-7-6-10-16(19)22-24(31)28-25(29-30(22)23)34-14-15-8-4-3-5-9-15/h3-13,23H,14H2,1-2H3,(H,28,29,31)/t23-/m1/s1. The molecule has 0 saturated carbocycles. The second-order valence-corrected chi connectivity index (χ2v) is 8.95. The van der Waals surface area contributed by atoms with Crippen molar-refractivity contribution >= 4 is 40.1 Å². The number of fused-ring (bicyclic) bond motifs is 2. The second-order valence-electron chi connectivity index (χ2n) is 7.58. The number of nitrogens with zero attached hydrogens (tertiary/aromatic N) is 3. The van der Waals surface area contributed by atoms with E-state index in [9.17, 15) is 4.79 Å². The number of carbonyl (C=O) groups excluding carboxylic acids is 1. The van der Waals surface area contributed by atoms with Crippen molar-refractivity contribution in [3.05, 3.63) is 93.5 Å². The first-order valence-electron chi connectivity index (χ1n) is 10.5. The number of para-hydroxylation sites is 1. The molecule has 0 fully saturated rings. The van der Waals surface area contributed by atoms with E-state index < -0.39 is 6.17 Å². The summed E-state index contributed by atoms with van der Waals surface area (Å²) in [6.45, 7) is 0. The number of halogens is 1. The van der Waals surface area contributed by atoms with Gasteiger partial charge in [0, 0.05) is 22.6 Å². The van der Waals surface area contributed by atoms with Crippen LogP contribution in [0.4, 0.5) is 0 Å². The fourth-order valence-electron chi connectivity index (χ4n) is 3.89. The summed E-state index contributed by atoms with van der Waals surface area (Å²) >= 11 is 8.11. The van der Waals surface area contributed by atoms with Crippen molar-refractivity contribution in [2.45, 2.75) is 11.9 Å². The lowest BCUT2D eigenvalue weighted by molar-refractivity contribution is -0.116. The number of hydrogen-bond donors (Lipinski definition) is 1. The van der Waals surface area contributed by atoms with Crippen LogP contribution in [0.25, 0.3) is 5.70 Å². The van der Waals surface area contributed by atoms with Crippen molar-refractivity contribution in [2.24, 2.45) is 10.1 Å². The molecular formula is C25H21ClN4O3S. The highest BCUT2D eigenvalue weighted by Gasteiger charge is 2.35. The first kappa shape index (κ1) is 22.3. The van der Waals surface area contributed by atoms with Gasteiger partial charge in [-0.1, -0.05) is 71.9 Å². The molecule has 1 atom stereocenters. The quantitative estimate of drug-likeness (QED) is 0.590. The molecule has 3 aromatic rings. The third-order valence-corrected chi connectivity index (χ3v) is 6.78. The van der Waals surface area contributed by atoms with E-state index >= 15 is 0 Å². The van der Waals surface area contributed by atoms with Gasteiger partial charge in [0.25, 0.3) is 5.91 Å². The van der Waals surface area contributed by atoms with Gasteiger partial charge in [0.1, 0.15) is 5.70 Å². The Labute approximate surface area is 205 Å². The number of amides is 1.